The number of alkyl halides is 3. The van der Waals surface area contributed by atoms with Crippen LogP contribution in [0.3, 0.4) is 0 Å². The number of ketones is 1. The highest BCUT2D eigenvalue weighted by atomic mass is 32.2. The van der Waals surface area contributed by atoms with Gasteiger partial charge in [-0.3, -0.25) is 4.79 Å². The number of hydrogen-bond donors (Lipinski definition) is 1. The number of halogens is 3. The van der Waals surface area contributed by atoms with Gasteiger partial charge in [0.1, 0.15) is 5.75 Å². The first-order chi connectivity index (χ1) is 12.1. The third kappa shape index (κ3) is 6.58. The van der Waals surface area contributed by atoms with Gasteiger partial charge in [-0.25, -0.2) is 13.1 Å². The molecule has 6 nitrogen and oxygen atoms in total. The highest BCUT2D eigenvalue weighted by Gasteiger charge is 2.38. The van der Waals surface area contributed by atoms with Gasteiger partial charge < -0.3 is 9.47 Å². The molecule has 1 fully saturated rings. The zero-order valence-electron chi connectivity index (χ0n) is 14.1. The maximum absolute atomic E-state index is 12.4. The lowest BCUT2D eigenvalue weighted by Gasteiger charge is -2.31. The third-order valence-corrected chi connectivity index (χ3v) is 5.25. The lowest BCUT2D eigenvalue weighted by molar-refractivity contribution is -0.106. The van der Waals surface area contributed by atoms with E-state index in [4.69, 9.17) is 9.47 Å². The second-order valence-corrected chi connectivity index (χ2v) is 7.87. The number of Topliss-reactive ketones (excluding diaryl/α,β-unsaturated/α-hetero) is 1. The Bertz CT molecular complexity index is 718. The van der Waals surface area contributed by atoms with E-state index in [0.717, 1.165) is 0 Å². The zero-order valence-corrected chi connectivity index (χ0v) is 14.9. The van der Waals surface area contributed by atoms with E-state index in [-0.39, 0.29) is 32.0 Å². The smallest absolute Gasteiger partial charge is 0.404 e. The summed E-state index contributed by atoms with van der Waals surface area (Å²) in [6.45, 7) is 1.93. The van der Waals surface area contributed by atoms with Crippen LogP contribution in [0.1, 0.15) is 23.7 Å². The summed E-state index contributed by atoms with van der Waals surface area (Å²) < 4.78 is 73.5. The van der Waals surface area contributed by atoms with E-state index in [1.54, 1.807) is 24.3 Å². The van der Waals surface area contributed by atoms with Gasteiger partial charge in [-0.05, 0) is 37.6 Å². The fourth-order valence-electron chi connectivity index (χ4n) is 2.59. The van der Waals surface area contributed by atoms with Crippen molar-refractivity contribution in [1.82, 2.24) is 4.72 Å². The highest BCUT2D eigenvalue weighted by Crippen LogP contribution is 2.21. The Morgan fingerprint density at radius 3 is 2.54 bits per heavy atom. The molecule has 0 radical (unpaired) electrons. The van der Waals surface area contributed by atoms with Crippen molar-refractivity contribution in [1.29, 1.82) is 0 Å². The van der Waals surface area contributed by atoms with E-state index in [1.807, 2.05) is 0 Å². The molecule has 1 aliphatic rings. The maximum Gasteiger partial charge on any atom is 0.404 e. The minimum Gasteiger partial charge on any atom is -0.493 e. The van der Waals surface area contributed by atoms with Gasteiger partial charge in [-0.15, -0.1) is 0 Å². The molecule has 1 heterocycles. The summed E-state index contributed by atoms with van der Waals surface area (Å²) in [7, 11) is -4.49. The summed E-state index contributed by atoms with van der Waals surface area (Å²) in [4.78, 5) is 11.2. The summed E-state index contributed by atoms with van der Waals surface area (Å²) in [5, 5.41) is 0. The number of carbonyl (C=O) groups is 1. The molecular weight excluding hydrogens is 375 g/mol. The van der Waals surface area contributed by atoms with Gasteiger partial charge in [0.25, 0.3) is 0 Å². The van der Waals surface area contributed by atoms with Crippen LogP contribution in [-0.2, 0) is 14.8 Å². The zero-order chi connectivity index (χ0) is 19.4. The molecule has 0 aliphatic carbocycles. The molecule has 2 atom stereocenters. The molecule has 26 heavy (non-hydrogen) atoms. The van der Waals surface area contributed by atoms with Crippen LogP contribution in [-0.4, -0.2) is 52.0 Å². The Morgan fingerprint density at radius 1 is 1.31 bits per heavy atom. The van der Waals surface area contributed by atoms with Crippen LogP contribution in [0.5, 0.6) is 5.75 Å². The second-order valence-electron chi connectivity index (χ2n) is 6.11. The predicted octanol–water partition coefficient (Wildman–Crippen LogP) is 2.15. The van der Waals surface area contributed by atoms with Crippen LogP contribution in [0.4, 0.5) is 13.2 Å². The third-order valence-electron chi connectivity index (χ3n) is 3.88. The molecule has 1 aromatic rings. The van der Waals surface area contributed by atoms with Gasteiger partial charge in [0, 0.05) is 24.1 Å². The van der Waals surface area contributed by atoms with Crippen molar-refractivity contribution in [3.8, 4) is 5.75 Å². The molecule has 0 saturated carbocycles. The number of benzene rings is 1. The standard InChI is InChI=1S/C16H20F3NO5S/c1-11(21)12-2-4-14(5-3-12)25-9-13-8-24-7-6-15(13)20-26(22,23)10-16(17,18)19/h2-5,13,15,20H,6-10H2,1H3/t13-,15+/m1/s1. The van der Waals surface area contributed by atoms with Crippen molar-refractivity contribution in [2.24, 2.45) is 5.92 Å². The van der Waals surface area contributed by atoms with Gasteiger partial charge in [-0.2, -0.15) is 13.2 Å². The number of sulfonamides is 1. The second kappa shape index (κ2) is 8.36. The van der Waals surface area contributed by atoms with E-state index in [9.17, 15) is 26.4 Å². The van der Waals surface area contributed by atoms with Crippen molar-refractivity contribution >= 4 is 15.8 Å². The molecule has 1 aromatic carbocycles. The first-order valence-electron chi connectivity index (χ1n) is 7.94. The number of hydrogen-bond acceptors (Lipinski definition) is 5. The van der Waals surface area contributed by atoms with E-state index < -0.39 is 33.9 Å². The molecule has 0 amide bonds. The van der Waals surface area contributed by atoms with Crippen LogP contribution < -0.4 is 9.46 Å². The first kappa shape index (κ1) is 20.7. The Hall–Kier alpha value is -1.65. The number of carbonyl (C=O) groups excluding carboxylic acids is 1. The molecule has 10 heteroatoms. The summed E-state index contributed by atoms with van der Waals surface area (Å²) in [5.41, 5.74) is 0.524. The van der Waals surface area contributed by atoms with Crippen molar-refractivity contribution in [3.63, 3.8) is 0 Å². The molecule has 1 saturated heterocycles. The normalized spacial score (nSPS) is 21.4. The molecule has 1 N–H and O–H groups in total. The van der Waals surface area contributed by atoms with E-state index in [2.05, 4.69) is 4.72 Å². The molecular formula is C16H20F3NO5S. The molecule has 0 unspecified atom stereocenters. The Labute approximate surface area is 149 Å². The maximum atomic E-state index is 12.4. The molecule has 2 rings (SSSR count). The van der Waals surface area contributed by atoms with Gasteiger partial charge >= 0.3 is 6.18 Å². The average molecular weight is 395 g/mol. The van der Waals surface area contributed by atoms with E-state index in [1.165, 1.54) is 6.92 Å². The molecule has 0 aromatic heterocycles. The summed E-state index contributed by atoms with van der Waals surface area (Å²) in [6.07, 6.45) is -4.55. The van der Waals surface area contributed by atoms with Gasteiger partial charge in [0.15, 0.2) is 11.5 Å². The van der Waals surface area contributed by atoms with Crippen LogP contribution in [0.15, 0.2) is 24.3 Å². The minimum absolute atomic E-state index is 0.0681. The van der Waals surface area contributed by atoms with E-state index in [0.29, 0.717) is 11.3 Å². The van der Waals surface area contributed by atoms with Crippen LogP contribution in [0, 0.1) is 5.92 Å². The highest BCUT2D eigenvalue weighted by molar-refractivity contribution is 7.89. The largest absolute Gasteiger partial charge is 0.493 e. The topological polar surface area (TPSA) is 81.7 Å². The monoisotopic (exact) mass is 395 g/mol. The van der Waals surface area contributed by atoms with Crippen molar-refractivity contribution in [2.75, 3.05) is 25.6 Å². The fraction of sp³-hybridized carbons (Fsp3) is 0.562. The Balaban J connectivity index is 1.96. The van der Waals surface area contributed by atoms with Crippen molar-refractivity contribution in [2.45, 2.75) is 25.6 Å². The van der Waals surface area contributed by atoms with Gasteiger partial charge in [-0.1, -0.05) is 0 Å². The lowest BCUT2D eigenvalue weighted by Crippen LogP contribution is -2.49. The lowest BCUT2D eigenvalue weighted by atomic mass is 9.98. The molecule has 146 valence electrons. The first-order valence-corrected chi connectivity index (χ1v) is 9.59. The van der Waals surface area contributed by atoms with Crippen LogP contribution >= 0.6 is 0 Å². The summed E-state index contributed by atoms with van der Waals surface area (Å²) in [6, 6.07) is 5.69. The summed E-state index contributed by atoms with van der Waals surface area (Å²) >= 11 is 0. The van der Waals surface area contributed by atoms with Crippen molar-refractivity contribution < 1.29 is 35.9 Å². The number of ether oxygens (including phenoxy) is 2. The quantitative estimate of drug-likeness (QED) is 0.716. The molecule has 1 aliphatic heterocycles. The number of rotatable bonds is 7. The average Bonchev–Trinajstić information content (AvgIpc) is 2.51. The predicted molar refractivity (Wildman–Crippen MR) is 87.6 cm³/mol. The SMILES string of the molecule is CC(=O)c1ccc(OC[C@H]2COCC[C@@H]2NS(=O)(=O)CC(F)(F)F)cc1. The fourth-order valence-corrected chi connectivity index (χ4v) is 3.88. The van der Waals surface area contributed by atoms with Gasteiger partial charge in [0.05, 0.1) is 13.2 Å². The molecule has 0 bridgehead atoms. The van der Waals surface area contributed by atoms with Crippen LogP contribution in [0.2, 0.25) is 0 Å². The van der Waals surface area contributed by atoms with Crippen molar-refractivity contribution in [3.05, 3.63) is 29.8 Å². The van der Waals surface area contributed by atoms with Gasteiger partial charge in [0.2, 0.25) is 10.0 Å². The minimum atomic E-state index is -4.80. The Kier molecular flexibility index (Phi) is 6.64. The summed E-state index contributed by atoms with van der Waals surface area (Å²) in [5.74, 6) is -1.97. The van der Waals surface area contributed by atoms with E-state index >= 15 is 0 Å². The number of nitrogens with one attached hydrogen (secondary N) is 1. The Morgan fingerprint density at radius 2 is 1.96 bits per heavy atom. The van der Waals surface area contributed by atoms with Crippen LogP contribution in [0.25, 0.3) is 0 Å². The molecule has 0 spiro atoms.